The molecule has 122 valence electrons. The molecule has 0 fully saturated rings. The normalized spacial score (nSPS) is 13.9. The van der Waals surface area contributed by atoms with Crippen LogP contribution in [-0.2, 0) is 19.4 Å². The molecule has 3 aromatic rings. The number of hydrogen-bond acceptors (Lipinski definition) is 1. The van der Waals surface area contributed by atoms with Crippen LogP contribution in [0.5, 0.6) is 0 Å². The van der Waals surface area contributed by atoms with Crippen LogP contribution in [0, 0.1) is 6.92 Å². The number of aromatic carboxylic acids is 1. The topological polar surface area (TPSA) is 42.2 Å². The van der Waals surface area contributed by atoms with Crippen LogP contribution in [0.25, 0.3) is 10.9 Å². The fourth-order valence-corrected chi connectivity index (χ4v) is 4.04. The molecule has 0 unspecified atom stereocenters. The molecule has 1 aromatic heterocycles. The van der Waals surface area contributed by atoms with Gasteiger partial charge in [-0.25, -0.2) is 4.79 Å². The Balaban J connectivity index is 1.92. The second kappa shape index (κ2) is 5.82. The molecule has 1 N–H and O–H groups in total. The number of para-hydroxylation sites is 1. The van der Waals surface area contributed by atoms with Crippen LogP contribution in [0.3, 0.4) is 0 Å². The molecule has 0 spiro atoms. The standard InChI is InChI=1S/C21H21NO2/c1-14-7-6-10-17(21(23)24)18(14)13-22-19-11-4-2-8-15(19)16-9-3-5-12-20(16)22/h2,4,6-8,10-11H,3,5,9,12-13H2,1H3,(H,23,24). The summed E-state index contributed by atoms with van der Waals surface area (Å²) in [5.41, 5.74) is 6.45. The van der Waals surface area contributed by atoms with Crippen molar-refractivity contribution in [2.45, 2.75) is 39.2 Å². The van der Waals surface area contributed by atoms with E-state index in [-0.39, 0.29) is 0 Å². The van der Waals surface area contributed by atoms with E-state index in [1.165, 1.54) is 35.0 Å². The predicted octanol–water partition coefficient (Wildman–Crippen LogP) is 4.58. The fourth-order valence-electron chi connectivity index (χ4n) is 4.04. The monoisotopic (exact) mass is 319 g/mol. The van der Waals surface area contributed by atoms with Gasteiger partial charge in [0.1, 0.15) is 0 Å². The van der Waals surface area contributed by atoms with Crippen molar-refractivity contribution in [2.75, 3.05) is 0 Å². The van der Waals surface area contributed by atoms with Crippen molar-refractivity contribution in [1.82, 2.24) is 4.57 Å². The molecule has 0 radical (unpaired) electrons. The van der Waals surface area contributed by atoms with E-state index in [0.717, 1.165) is 24.0 Å². The number of carboxylic acid groups (broad SMARTS) is 1. The number of hydrogen-bond donors (Lipinski definition) is 1. The maximum absolute atomic E-state index is 11.6. The van der Waals surface area contributed by atoms with Gasteiger partial charge >= 0.3 is 5.97 Å². The van der Waals surface area contributed by atoms with Gasteiger partial charge in [0.2, 0.25) is 0 Å². The van der Waals surface area contributed by atoms with Crippen molar-refractivity contribution in [2.24, 2.45) is 0 Å². The number of carboxylic acids is 1. The first-order valence-electron chi connectivity index (χ1n) is 8.57. The Bertz CT molecular complexity index is 936. The summed E-state index contributed by atoms with van der Waals surface area (Å²) in [7, 11) is 0. The highest BCUT2D eigenvalue weighted by Gasteiger charge is 2.21. The van der Waals surface area contributed by atoms with Gasteiger partial charge in [-0.15, -0.1) is 0 Å². The summed E-state index contributed by atoms with van der Waals surface area (Å²) in [4.78, 5) is 11.6. The molecule has 0 bridgehead atoms. The molecule has 1 aliphatic rings. The van der Waals surface area contributed by atoms with E-state index in [2.05, 4.69) is 28.8 Å². The minimum atomic E-state index is -0.848. The third kappa shape index (κ3) is 2.32. The second-order valence-corrected chi connectivity index (χ2v) is 6.64. The average molecular weight is 319 g/mol. The predicted molar refractivity (Wildman–Crippen MR) is 95.8 cm³/mol. The Hall–Kier alpha value is -2.55. The SMILES string of the molecule is Cc1cccc(C(=O)O)c1Cn1c2c(c3ccccc31)CCCC2. The molecule has 1 heterocycles. The first-order valence-corrected chi connectivity index (χ1v) is 8.57. The Morgan fingerprint density at radius 2 is 1.88 bits per heavy atom. The number of aromatic nitrogens is 1. The van der Waals surface area contributed by atoms with E-state index in [4.69, 9.17) is 0 Å². The number of carbonyl (C=O) groups is 1. The molecule has 24 heavy (non-hydrogen) atoms. The smallest absolute Gasteiger partial charge is 0.336 e. The van der Waals surface area contributed by atoms with E-state index in [1.54, 1.807) is 6.07 Å². The molecule has 1 aliphatic carbocycles. The van der Waals surface area contributed by atoms with E-state index in [9.17, 15) is 9.90 Å². The molecule has 0 atom stereocenters. The number of fused-ring (bicyclic) bond motifs is 3. The Kier molecular flexibility index (Phi) is 3.64. The van der Waals surface area contributed by atoms with Gasteiger partial charge in [0, 0.05) is 23.1 Å². The van der Waals surface area contributed by atoms with Gasteiger partial charge in [-0.2, -0.15) is 0 Å². The molecule has 2 aromatic carbocycles. The molecule has 0 saturated heterocycles. The van der Waals surface area contributed by atoms with Gasteiger partial charge in [-0.1, -0.05) is 30.3 Å². The zero-order valence-corrected chi connectivity index (χ0v) is 13.9. The number of rotatable bonds is 3. The lowest BCUT2D eigenvalue weighted by Gasteiger charge is -2.18. The van der Waals surface area contributed by atoms with Crippen LogP contribution in [0.4, 0.5) is 0 Å². The lowest BCUT2D eigenvalue weighted by molar-refractivity contribution is 0.0695. The van der Waals surface area contributed by atoms with Crippen LogP contribution < -0.4 is 0 Å². The summed E-state index contributed by atoms with van der Waals surface area (Å²) in [6.07, 6.45) is 4.66. The minimum absolute atomic E-state index is 0.414. The van der Waals surface area contributed by atoms with Crippen molar-refractivity contribution in [3.05, 3.63) is 70.4 Å². The van der Waals surface area contributed by atoms with E-state index < -0.39 is 5.97 Å². The lowest BCUT2D eigenvalue weighted by Crippen LogP contribution is -2.13. The third-order valence-corrected chi connectivity index (χ3v) is 5.24. The van der Waals surface area contributed by atoms with Crippen molar-refractivity contribution in [3.63, 3.8) is 0 Å². The number of benzene rings is 2. The van der Waals surface area contributed by atoms with E-state index in [0.29, 0.717) is 12.1 Å². The Morgan fingerprint density at radius 3 is 2.71 bits per heavy atom. The lowest BCUT2D eigenvalue weighted by atomic mass is 9.95. The van der Waals surface area contributed by atoms with Crippen molar-refractivity contribution >= 4 is 16.9 Å². The highest BCUT2D eigenvalue weighted by atomic mass is 16.4. The van der Waals surface area contributed by atoms with Gasteiger partial charge < -0.3 is 9.67 Å². The summed E-state index contributed by atoms with van der Waals surface area (Å²) in [6.45, 7) is 2.63. The summed E-state index contributed by atoms with van der Waals surface area (Å²) in [6, 6.07) is 14.1. The largest absolute Gasteiger partial charge is 0.478 e. The van der Waals surface area contributed by atoms with E-state index >= 15 is 0 Å². The summed E-state index contributed by atoms with van der Waals surface area (Å²) in [5.74, 6) is -0.848. The number of nitrogens with zero attached hydrogens (tertiary/aromatic N) is 1. The van der Waals surface area contributed by atoms with Crippen LogP contribution in [0.15, 0.2) is 42.5 Å². The molecule has 0 aliphatic heterocycles. The molecular weight excluding hydrogens is 298 g/mol. The van der Waals surface area contributed by atoms with Gasteiger partial charge in [0.25, 0.3) is 0 Å². The molecular formula is C21H21NO2. The van der Waals surface area contributed by atoms with Gasteiger partial charge in [0.15, 0.2) is 0 Å². The third-order valence-electron chi connectivity index (χ3n) is 5.24. The fraction of sp³-hybridized carbons (Fsp3) is 0.286. The quantitative estimate of drug-likeness (QED) is 0.768. The van der Waals surface area contributed by atoms with Crippen LogP contribution in [-0.4, -0.2) is 15.6 Å². The Labute approximate surface area is 141 Å². The first kappa shape index (κ1) is 15.0. The van der Waals surface area contributed by atoms with Crippen LogP contribution in [0.2, 0.25) is 0 Å². The summed E-state index contributed by atoms with van der Waals surface area (Å²) < 4.78 is 2.35. The zero-order valence-electron chi connectivity index (χ0n) is 13.9. The molecule has 3 heteroatoms. The zero-order chi connectivity index (χ0) is 16.7. The second-order valence-electron chi connectivity index (χ2n) is 6.64. The average Bonchev–Trinajstić information content (AvgIpc) is 2.91. The highest BCUT2D eigenvalue weighted by Crippen LogP contribution is 2.33. The van der Waals surface area contributed by atoms with Crippen molar-refractivity contribution in [1.29, 1.82) is 0 Å². The highest BCUT2D eigenvalue weighted by molar-refractivity contribution is 5.90. The van der Waals surface area contributed by atoms with Crippen LogP contribution in [0.1, 0.15) is 45.6 Å². The van der Waals surface area contributed by atoms with Gasteiger partial charge in [0.05, 0.1) is 5.56 Å². The van der Waals surface area contributed by atoms with E-state index in [1.807, 2.05) is 19.1 Å². The molecule has 0 amide bonds. The summed E-state index contributed by atoms with van der Waals surface area (Å²) in [5, 5.41) is 10.9. The maximum atomic E-state index is 11.6. The van der Waals surface area contributed by atoms with Crippen molar-refractivity contribution in [3.8, 4) is 0 Å². The maximum Gasteiger partial charge on any atom is 0.336 e. The van der Waals surface area contributed by atoms with Gasteiger partial charge in [-0.05, 0) is 61.4 Å². The molecule has 4 rings (SSSR count). The van der Waals surface area contributed by atoms with Gasteiger partial charge in [-0.3, -0.25) is 0 Å². The Morgan fingerprint density at radius 1 is 1.08 bits per heavy atom. The first-order chi connectivity index (χ1) is 11.7. The molecule has 0 saturated carbocycles. The minimum Gasteiger partial charge on any atom is -0.478 e. The molecule has 3 nitrogen and oxygen atoms in total. The number of aryl methyl sites for hydroxylation is 2. The van der Waals surface area contributed by atoms with Crippen LogP contribution >= 0.6 is 0 Å². The summed E-state index contributed by atoms with van der Waals surface area (Å²) >= 11 is 0. The van der Waals surface area contributed by atoms with Crippen molar-refractivity contribution < 1.29 is 9.90 Å².